The Morgan fingerprint density at radius 3 is 1.38 bits per heavy atom. The van der Waals surface area contributed by atoms with E-state index < -0.39 is 5.97 Å². The molecule has 0 spiro atoms. The Kier molecular flexibility index (Phi) is 27.0. The van der Waals surface area contributed by atoms with E-state index in [9.17, 15) is 19.2 Å². The molecule has 2 amide bonds. The van der Waals surface area contributed by atoms with Crippen molar-refractivity contribution in [1.29, 1.82) is 0 Å². The van der Waals surface area contributed by atoms with Gasteiger partial charge in [-0.25, -0.2) is 0 Å². The summed E-state index contributed by atoms with van der Waals surface area (Å²) in [5.74, 6) is -0.686. The number of carboxylic acids is 1. The third kappa shape index (κ3) is 30.1. The molecule has 0 bridgehead atoms. The first-order valence-corrected chi connectivity index (χ1v) is 14.4. The quantitative estimate of drug-likeness (QED) is 0.0958. The summed E-state index contributed by atoms with van der Waals surface area (Å²) in [4.78, 5) is 43.8. The zero-order valence-corrected chi connectivity index (χ0v) is 22.9. The normalized spacial score (nSPS) is 10.8. The molecule has 0 radical (unpaired) electrons. The van der Waals surface area contributed by atoms with Crippen LogP contribution in [0, 0.1) is 0 Å². The Balaban J connectivity index is 3.21. The number of nitrogens with one attached hydrogen (secondary N) is 2. The molecular formula is C28H52N2O7. The SMILES string of the molecule is O=CCCC(=O)NCCCOCCOCCCNC(=O)CCCCCCCCCCCCCCC(=O)O. The molecule has 0 atom stereocenters. The number of ether oxygens (including phenoxy) is 2. The number of aliphatic carboxylic acids is 1. The van der Waals surface area contributed by atoms with Crippen molar-refractivity contribution in [3.05, 3.63) is 0 Å². The zero-order valence-electron chi connectivity index (χ0n) is 22.9. The molecule has 0 rings (SSSR count). The Bertz CT molecular complexity index is 573. The second-order valence-corrected chi connectivity index (χ2v) is 9.47. The highest BCUT2D eigenvalue weighted by atomic mass is 16.5. The van der Waals surface area contributed by atoms with Crippen LogP contribution in [0.5, 0.6) is 0 Å². The van der Waals surface area contributed by atoms with Crippen LogP contribution in [0.3, 0.4) is 0 Å². The van der Waals surface area contributed by atoms with Gasteiger partial charge in [0, 0.05) is 52.0 Å². The van der Waals surface area contributed by atoms with Gasteiger partial charge in [0.15, 0.2) is 0 Å². The highest BCUT2D eigenvalue weighted by molar-refractivity contribution is 5.78. The number of unbranched alkanes of at least 4 members (excludes halogenated alkanes) is 11. The Morgan fingerprint density at radius 2 is 0.946 bits per heavy atom. The summed E-state index contributed by atoms with van der Waals surface area (Å²) < 4.78 is 10.9. The predicted octanol–water partition coefficient (Wildman–Crippen LogP) is 4.56. The molecule has 0 aliphatic carbocycles. The van der Waals surface area contributed by atoms with Crippen molar-refractivity contribution < 1.29 is 33.8 Å². The van der Waals surface area contributed by atoms with E-state index in [1.807, 2.05) is 0 Å². The second kappa shape index (κ2) is 28.6. The average molecular weight is 529 g/mol. The summed E-state index contributed by atoms with van der Waals surface area (Å²) in [6, 6.07) is 0. The molecule has 9 nitrogen and oxygen atoms in total. The van der Waals surface area contributed by atoms with Gasteiger partial charge in [-0.15, -0.1) is 0 Å². The predicted molar refractivity (Wildman–Crippen MR) is 144 cm³/mol. The molecule has 0 aromatic carbocycles. The van der Waals surface area contributed by atoms with Crippen molar-refractivity contribution in [3.63, 3.8) is 0 Å². The van der Waals surface area contributed by atoms with Crippen LogP contribution < -0.4 is 10.6 Å². The van der Waals surface area contributed by atoms with Gasteiger partial charge in [-0.3, -0.25) is 14.4 Å². The lowest BCUT2D eigenvalue weighted by Crippen LogP contribution is -2.25. The lowest BCUT2D eigenvalue weighted by molar-refractivity contribution is -0.137. The number of hydrogen-bond donors (Lipinski definition) is 3. The van der Waals surface area contributed by atoms with Gasteiger partial charge in [-0.05, 0) is 25.7 Å². The van der Waals surface area contributed by atoms with E-state index in [2.05, 4.69) is 10.6 Å². The topological polar surface area (TPSA) is 131 Å². The van der Waals surface area contributed by atoms with E-state index in [0.717, 1.165) is 51.2 Å². The fourth-order valence-electron chi connectivity index (χ4n) is 3.82. The lowest BCUT2D eigenvalue weighted by atomic mass is 10.0. The maximum absolute atomic E-state index is 11.9. The molecular weight excluding hydrogens is 476 g/mol. The fraction of sp³-hybridized carbons (Fsp3) is 0.857. The van der Waals surface area contributed by atoms with E-state index >= 15 is 0 Å². The van der Waals surface area contributed by atoms with Gasteiger partial charge in [0.25, 0.3) is 0 Å². The maximum Gasteiger partial charge on any atom is 0.303 e. The summed E-state index contributed by atoms with van der Waals surface area (Å²) in [5.41, 5.74) is 0. The average Bonchev–Trinajstić information content (AvgIpc) is 2.88. The van der Waals surface area contributed by atoms with Gasteiger partial charge in [-0.2, -0.15) is 0 Å². The van der Waals surface area contributed by atoms with Crippen molar-refractivity contribution in [2.45, 2.75) is 116 Å². The molecule has 37 heavy (non-hydrogen) atoms. The molecule has 9 heteroatoms. The van der Waals surface area contributed by atoms with Crippen LogP contribution in [0.2, 0.25) is 0 Å². The number of hydrogen-bond acceptors (Lipinski definition) is 6. The molecule has 0 fully saturated rings. The Morgan fingerprint density at radius 1 is 0.541 bits per heavy atom. The van der Waals surface area contributed by atoms with E-state index in [0.29, 0.717) is 52.4 Å². The van der Waals surface area contributed by atoms with Gasteiger partial charge in [0.1, 0.15) is 6.29 Å². The van der Waals surface area contributed by atoms with Crippen LogP contribution >= 0.6 is 0 Å². The molecule has 0 saturated heterocycles. The first-order chi connectivity index (χ1) is 18.1. The molecule has 0 aliphatic heterocycles. The van der Waals surface area contributed by atoms with Crippen LogP contribution in [-0.2, 0) is 28.7 Å². The summed E-state index contributed by atoms with van der Waals surface area (Å²) in [7, 11) is 0. The number of carbonyl (C=O) groups excluding carboxylic acids is 3. The van der Waals surface area contributed by atoms with E-state index in [1.54, 1.807) is 0 Å². The Hall–Kier alpha value is -2.00. The number of carbonyl (C=O) groups is 4. The fourth-order valence-corrected chi connectivity index (χ4v) is 3.82. The van der Waals surface area contributed by atoms with Gasteiger partial charge in [0.05, 0.1) is 13.2 Å². The van der Waals surface area contributed by atoms with E-state index in [4.69, 9.17) is 14.6 Å². The molecule has 0 aromatic rings. The third-order valence-electron chi connectivity index (χ3n) is 5.98. The molecule has 0 unspecified atom stereocenters. The molecule has 216 valence electrons. The number of rotatable bonds is 29. The second-order valence-electron chi connectivity index (χ2n) is 9.47. The van der Waals surface area contributed by atoms with Crippen LogP contribution in [0.4, 0.5) is 0 Å². The highest BCUT2D eigenvalue weighted by Gasteiger charge is 2.02. The van der Waals surface area contributed by atoms with Crippen molar-refractivity contribution in [1.82, 2.24) is 10.6 Å². The molecule has 3 N–H and O–H groups in total. The minimum absolute atomic E-state index is 0.110. The third-order valence-corrected chi connectivity index (χ3v) is 5.98. The highest BCUT2D eigenvalue weighted by Crippen LogP contribution is 2.13. The van der Waals surface area contributed by atoms with Crippen LogP contribution in [0.1, 0.15) is 116 Å². The molecule has 0 saturated carbocycles. The first kappa shape index (κ1) is 35.0. The Labute approximate surface area is 223 Å². The van der Waals surface area contributed by atoms with Gasteiger partial charge < -0.3 is 30.0 Å². The number of carboxylic acid groups (broad SMARTS) is 1. The monoisotopic (exact) mass is 528 g/mol. The molecule has 0 aromatic heterocycles. The maximum atomic E-state index is 11.9. The summed E-state index contributed by atoms with van der Waals surface area (Å²) in [5, 5.41) is 14.3. The zero-order chi connectivity index (χ0) is 27.2. The van der Waals surface area contributed by atoms with Crippen molar-refractivity contribution >= 4 is 24.1 Å². The number of aldehydes is 1. The summed E-state index contributed by atoms with van der Waals surface area (Å²) in [6.07, 6.45) is 17.3. The molecule has 0 heterocycles. The van der Waals surface area contributed by atoms with Gasteiger partial charge in [-0.1, -0.05) is 64.2 Å². The standard InChI is InChI=1S/C28H52N2O7/c31-21-13-17-27(33)30-20-15-23-37-25-24-36-22-14-19-29-26(32)16-11-9-7-5-3-1-2-4-6-8-10-12-18-28(34)35/h21H,1-20,22-25H2,(H,29,32)(H,30,33)(H,34,35). The molecule has 0 aliphatic rings. The first-order valence-electron chi connectivity index (χ1n) is 14.4. The smallest absolute Gasteiger partial charge is 0.303 e. The summed E-state index contributed by atoms with van der Waals surface area (Å²) in [6.45, 7) is 3.31. The van der Waals surface area contributed by atoms with Crippen LogP contribution in [-0.4, -0.2) is 68.7 Å². The minimum Gasteiger partial charge on any atom is -0.481 e. The largest absolute Gasteiger partial charge is 0.481 e. The lowest BCUT2D eigenvalue weighted by Gasteiger charge is -2.08. The van der Waals surface area contributed by atoms with Crippen LogP contribution in [0.15, 0.2) is 0 Å². The van der Waals surface area contributed by atoms with E-state index in [1.165, 1.54) is 44.9 Å². The van der Waals surface area contributed by atoms with Crippen LogP contribution in [0.25, 0.3) is 0 Å². The minimum atomic E-state index is -0.691. The van der Waals surface area contributed by atoms with Crippen molar-refractivity contribution in [2.24, 2.45) is 0 Å². The van der Waals surface area contributed by atoms with Gasteiger partial charge >= 0.3 is 5.97 Å². The van der Waals surface area contributed by atoms with E-state index in [-0.39, 0.29) is 24.7 Å². The van der Waals surface area contributed by atoms with Crippen molar-refractivity contribution in [2.75, 3.05) is 39.5 Å². The van der Waals surface area contributed by atoms with Crippen molar-refractivity contribution in [3.8, 4) is 0 Å². The summed E-state index contributed by atoms with van der Waals surface area (Å²) >= 11 is 0. The van der Waals surface area contributed by atoms with Gasteiger partial charge in [0.2, 0.25) is 11.8 Å². The number of amides is 2.